The molecule has 1 rings (SSSR count). The highest BCUT2D eigenvalue weighted by Gasteiger charge is 2.17. The zero-order valence-corrected chi connectivity index (χ0v) is 13.3. The van der Waals surface area contributed by atoms with E-state index in [0.29, 0.717) is 0 Å². The van der Waals surface area contributed by atoms with Crippen LogP contribution in [0.5, 0.6) is 0 Å². The predicted octanol–water partition coefficient (Wildman–Crippen LogP) is 4.58. The number of hydrogen-bond acceptors (Lipinski definition) is 3. The van der Waals surface area contributed by atoms with E-state index in [-0.39, 0.29) is 17.8 Å². The summed E-state index contributed by atoms with van der Waals surface area (Å²) in [5.74, 6) is -0.130. The number of carbonyl (C=O) groups is 1. The summed E-state index contributed by atoms with van der Waals surface area (Å²) in [7, 11) is 1.50. The normalized spacial score (nSPS) is 12.8. The van der Waals surface area contributed by atoms with E-state index in [1.54, 1.807) is 6.08 Å². The zero-order chi connectivity index (χ0) is 15.5. The fourth-order valence-corrected chi connectivity index (χ4v) is 2.13. The van der Waals surface area contributed by atoms with Gasteiger partial charge in [-0.15, -0.1) is 0 Å². The molecule has 0 aliphatic heterocycles. The Balaban J connectivity index is 2.71. The van der Waals surface area contributed by atoms with Crippen molar-refractivity contribution in [3.05, 3.63) is 41.7 Å². The van der Waals surface area contributed by atoms with Crippen LogP contribution >= 0.6 is 0 Å². The van der Waals surface area contributed by atoms with Gasteiger partial charge >= 0.3 is 5.97 Å². The Kier molecular flexibility index (Phi) is 8.25. The number of hydrogen-bond donors (Lipinski definition) is 0. The molecule has 0 bridgehead atoms. The van der Waals surface area contributed by atoms with Gasteiger partial charge in [-0.25, -0.2) is 4.79 Å². The Bertz CT molecular complexity index is 437. The molecular formula is C18H26O3. The first-order chi connectivity index (χ1) is 10.2. The molecule has 3 heteroatoms. The zero-order valence-electron chi connectivity index (χ0n) is 13.3. The van der Waals surface area contributed by atoms with Gasteiger partial charge in [0.1, 0.15) is 6.10 Å². The lowest BCUT2D eigenvalue weighted by Gasteiger charge is -2.17. The van der Waals surface area contributed by atoms with Gasteiger partial charge in [-0.3, -0.25) is 0 Å². The van der Waals surface area contributed by atoms with E-state index < -0.39 is 0 Å². The summed E-state index contributed by atoms with van der Waals surface area (Å²) in [6, 6.07) is 9.63. The highest BCUT2D eigenvalue weighted by molar-refractivity contribution is 5.91. The molecule has 116 valence electrons. The Morgan fingerprint density at radius 2 is 1.86 bits per heavy atom. The maximum absolute atomic E-state index is 12.2. The van der Waals surface area contributed by atoms with E-state index in [1.807, 2.05) is 30.3 Å². The van der Waals surface area contributed by atoms with Crippen LogP contribution in [0.25, 0.3) is 6.08 Å². The number of rotatable bonds is 9. The molecule has 0 radical (unpaired) electrons. The number of methoxy groups -OCH3 is 1. The van der Waals surface area contributed by atoms with Gasteiger partial charge in [0.2, 0.25) is 5.76 Å². The average Bonchev–Trinajstić information content (AvgIpc) is 2.51. The van der Waals surface area contributed by atoms with Gasteiger partial charge in [-0.05, 0) is 24.5 Å². The fraction of sp³-hybridized carbons (Fsp3) is 0.500. The SMILES string of the molecule is CCCCC(CCC)OC(=O)C(=Cc1ccccc1)OC. The average molecular weight is 290 g/mol. The van der Waals surface area contributed by atoms with Crippen LogP contribution in [-0.4, -0.2) is 19.2 Å². The Morgan fingerprint density at radius 3 is 2.43 bits per heavy atom. The minimum atomic E-state index is -0.379. The third-order valence-electron chi connectivity index (χ3n) is 3.28. The quantitative estimate of drug-likeness (QED) is 0.379. The van der Waals surface area contributed by atoms with Crippen LogP contribution in [0.1, 0.15) is 51.5 Å². The standard InChI is InChI=1S/C18H26O3/c1-4-6-13-16(10-5-2)21-18(19)17(20-3)14-15-11-8-7-9-12-15/h7-9,11-12,14,16H,4-6,10,13H2,1-3H3. The van der Waals surface area contributed by atoms with Crippen molar-refractivity contribution < 1.29 is 14.3 Å². The van der Waals surface area contributed by atoms with Gasteiger partial charge in [-0.2, -0.15) is 0 Å². The molecule has 0 aliphatic carbocycles. The molecule has 0 N–H and O–H groups in total. The first-order valence-electron chi connectivity index (χ1n) is 7.73. The molecule has 1 aromatic carbocycles. The van der Waals surface area contributed by atoms with E-state index in [1.165, 1.54) is 7.11 Å². The van der Waals surface area contributed by atoms with Gasteiger partial charge in [0.05, 0.1) is 7.11 Å². The summed E-state index contributed by atoms with van der Waals surface area (Å²) in [6.07, 6.45) is 6.69. The monoisotopic (exact) mass is 290 g/mol. The van der Waals surface area contributed by atoms with Crippen molar-refractivity contribution in [3.63, 3.8) is 0 Å². The molecule has 0 aliphatic rings. The van der Waals surface area contributed by atoms with Crippen LogP contribution < -0.4 is 0 Å². The van der Waals surface area contributed by atoms with E-state index in [2.05, 4.69) is 13.8 Å². The van der Waals surface area contributed by atoms with Crippen LogP contribution in [0, 0.1) is 0 Å². The molecule has 0 amide bonds. The van der Waals surface area contributed by atoms with Gasteiger partial charge in [0, 0.05) is 0 Å². The first kappa shape index (κ1) is 17.3. The van der Waals surface area contributed by atoms with Crippen molar-refractivity contribution in [2.24, 2.45) is 0 Å². The lowest BCUT2D eigenvalue weighted by atomic mass is 10.1. The van der Waals surface area contributed by atoms with Crippen molar-refractivity contribution in [1.82, 2.24) is 0 Å². The van der Waals surface area contributed by atoms with Gasteiger partial charge in [-0.1, -0.05) is 63.4 Å². The Morgan fingerprint density at radius 1 is 1.14 bits per heavy atom. The maximum atomic E-state index is 12.2. The molecule has 1 atom stereocenters. The molecular weight excluding hydrogens is 264 g/mol. The van der Waals surface area contributed by atoms with Crippen molar-refractivity contribution in [3.8, 4) is 0 Å². The predicted molar refractivity (Wildman–Crippen MR) is 85.7 cm³/mol. The lowest BCUT2D eigenvalue weighted by Crippen LogP contribution is -2.20. The molecule has 1 unspecified atom stereocenters. The lowest BCUT2D eigenvalue weighted by molar-refractivity contribution is -0.148. The van der Waals surface area contributed by atoms with Crippen molar-refractivity contribution >= 4 is 12.0 Å². The second-order valence-electron chi connectivity index (χ2n) is 5.08. The summed E-state index contributed by atoms with van der Waals surface area (Å²) >= 11 is 0. The third kappa shape index (κ3) is 6.48. The number of ether oxygens (including phenoxy) is 2. The Hall–Kier alpha value is -1.77. The van der Waals surface area contributed by atoms with Crippen molar-refractivity contribution in [2.75, 3.05) is 7.11 Å². The number of carbonyl (C=O) groups excluding carboxylic acids is 1. The van der Waals surface area contributed by atoms with Gasteiger partial charge in [0.25, 0.3) is 0 Å². The van der Waals surface area contributed by atoms with Gasteiger partial charge in [0.15, 0.2) is 0 Å². The molecule has 0 fully saturated rings. The summed E-state index contributed by atoms with van der Waals surface area (Å²) in [5, 5.41) is 0. The van der Waals surface area contributed by atoms with Crippen molar-refractivity contribution in [1.29, 1.82) is 0 Å². The Labute approximate surface area is 128 Å². The largest absolute Gasteiger partial charge is 0.490 e. The van der Waals surface area contributed by atoms with E-state index >= 15 is 0 Å². The van der Waals surface area contributed by atoms with E-state index in [9.17, 15) is 4.79 Å². The molecule has 0 saturated carbocycles. The van der Waals surface area contributed by atoms with Crippen LogP contribution in [0.3, 0.4) is 0 Å². The van der Waals surface area contributed by atoms with Crippen molar-refractivity contribution in [2.45, 2.75) is 52.1 Å². The van der Waals surface area contributed by atoms with Crippen LogP contribution in [-0.2, 0) is 14.3 Å². The number of unbranched alkanes of at least 4 members (excludes halogenated alkanes) is 1. The topological polar surface area (TPSA) is 35.5 Å². The molecule has 1 aromatic rings. The molecule has 0 aromatic heterocycles. The van der Waals surface area contributed by atoms with Crippen LogP contribution in [0.4, 0.5) is 0 Å². The summed E-state index contributed by atoms with van der Waals surface area (Å²) in [4.78, 5) is 12.2. The van der Waals surface area contributed by atoms with Crippen LogP contribution in [0.15, 0.2) is 36.1 Å². The molecule has 3 nitrogen and oxygen atoms in total. The smallest absolute Gasteiger partial charge is 0.373 e. The second kappa shape index (κ2) is 10.0. The summed E-state index contributed by atoms with van der Waals surface area (Å²) < 4.78 is 10.8. The maximum Gasteiger partial charge on any atom is 0.373 e. The van der Waals surface area contributed by atoms with E-state index in [0.717, 1.165) is 37.7 Å². The minimum absolute atomic E-state index is 0.0169. The second-order valence-corrected chi connectivity index (χ2v) is 5.08. The summed E-state index contributed by atoms with van der Waals surface area (Å²) in [6.45, 7) is 4.24. The molecule has 0 heterocycles. The molecule has 0 saturated heterocycles. The summed E-state index contributed by atoms with van der Waals surface area (Å²) in [5.41, 5.74) is 0.923. The van der Waals surface area contributed by atoms with Crippen LogP contribution in [0.2, 0.25) is 0 Å². The molecule has 0 spiro atoms. The highest BCUT2D eigenvalue weighted by Crippen LogP contribution is 2.15. The first-order valence-corrected chi connectivity index (χ1v) is 7.73. The highest BCUT2D eigenvalue weighted by atomic mass is 16.6. The number of esters is 1. The fourth-order valence-electron chi connectivity index (χ4n) is 2.13. The minimum Gasteiger partial charge on any atom is -0.490 e. The molecule has 21 heavy (non-hydrogen) atoms. The third-order valence-corrected chi connectivity index (χ3v) is 3.28. The van der Waals surface area contributed by atoms with Gasteiger partial charge < -0.3 is 9.47 Å². The van der Waals surface area contributed by atoms with E-state index in [4.69, 9.17) is 9.47 Å². The number of benzene rings is 1.